The number of fused-ring (bicyclic) bond motifs is 1. The Bertz CT molecular complexity index is 1660. The highest BCUT2D eigenvalue weighted by molar-refractivity contribution is 7.90. The predicted molar refractivity (Wildman–Crippen MR) is 166 cm³/mol. The van der Waals surface area contributed by atoms with E-state index in [1.165, 1.54) is 74.8 Å². The molecule has 4 aromatic rings. The molecule has 0 N–H and O–H groups in total. The highest BCUT2D eigenvalue weighted by Gasteiger charge is 2.30. The van der Waals surface area contributed by atoms with Crippen molar-refractivity contribution in [2.24, 2.45) is 0 Å². The molecule has 3 aromatic carbocycles. The Labute approximate surface area is 243 Å². The van der Waals surface area contributed by atoms with E-state index in [2.05, 4.69) is 57.7 Å². The van der Waals surface area contributed by atoms with Crippen LogP contribution in [-0.2, 0) is 16.4 Å². The van der Waals surface area contributed by atoms with E-state index in [1.807, 2.05) is 12.1 Å². The molecule has 7 heteroatoms. The molecular weight excluding hydrogens is 528 g/mol. The van der Waals surface area contributed by atoms with Gasteiger partial charge in [0.25, 0.3) is 0 Å². The maximum absolute atomic E-state index is 12.0. The molecule has 2 aliphatic heterocycles. The molecule has 0 bridgehead atoms. The Hall–Kier alpha value is -3.00. The fourth-order valence-electron chi connectivity index (χ4n) is 6.90. The van der Waals surface area contributed by atoms with Gasteiger partial charge in [-0.1, -0.05) is 24.3 Å². The number of rotatable bonds is 7. The van der Waals surface area contributed by atoms with Crippen LogP contribution in [0.4, 0.5) is 0 Å². The molecule has 3 aliphatic rings. The van der Waals surface area contributed by atoms with Crippen molar-refractivity contribution in [1.29, 1.82) is 0 Å². The summed E-state index contributed by atoms with van der Waals surface area (Å²) in [5.74, 6) is 0.923. The Morgan fingerprint density at radius 3 is 2.07 bits per heavy atom. The van der Waals surface area contributed by atoms with Crippen molar-refractivity contribution in [2.45, 2.75) is 69.0 Å². The quantitative estimate of drug-likeness (QED) is 0.256. The van der Waals surface area contributed by atoms with Gasteiger partial charge in [-0.25, -0.2) is 13.4 Å². The van der Waals surface area contributed by atoms with Crippen LogP contribution in [0.5, 0.6) is 0 Å². The van der Waals surface area contributed by atoms with Crippen LogP contribution in [0.2, 0.25) is 0 Å². The molecule has 214 valence electrons. The molecule has 0 unspecified atom stereocenters. The third kappa shape index (κ3) is 5.47. The monoisotopic (exact) mass is 568 g/mol. The van der Waals surface area contributed by atoms with E-state index in [9.17, 15) is 8.42 Å². The molecular formula is C34H40N4O2S. The first-order valence-corrected chi connectivity index (χ1v) is 17.1. The molecule has 7 rings (SSSR count). The zero-order valence-corrected chi connectivity index (χ0v) is 25.0. The average molecular weight is 569 g/mol. The van der Waals surface area contributed by atoms with Crippen molar-refractivity contribution >= 4 is 20.9 Å². The third-order valence-electron chi connectivity index (χ3n) is 9.35. The molecule has 0 spiro atoms. The lowest BCUT2D eigenvalue weighted by molar-refractivity contribution is 0.122. The van der Waals surface area contributed by atoms with Gasteiger partial charge < -0.3 is 9.47 Å². The minimum atomic E-state index is -3.23. The molecule has 0 radical (unpaired) electrons. The summed E-state index contributed by atoms with van der Waals surface area (Å²) in [5.41, 5.74) is 8.13. The van der Waals surface area contributed by atoms with Crippen molar-refractivity contribution in [2.75, 3.05) is 32.4 Å². The fourth-order valence-corrected chi connectivity index (χ4v) is 7.53. The van der Waals surface area contributed by atoms with E-state index in [0.717, 1.165) is 53.4 Å². The topological polar surface area (TPSA) is 58.4 Å². The van der Waals surface area contributed by atoms with Crippen LogP contribution in [0.25, 0.3) is 33.5 Å². The summed E-state index contributed by atoms with van der Waals surface area (Å²) in [5, 5.41) is 0. The largest absolute Gasteiger partial charge is 0.321 e. The molecule has 6 nitrogen and oxygen atoms in total. The van der Waals surface area contributed by atoms with Gasteiger partial charge in [0.2, 0.25) is 0 Å². The van der Waals surface area contributed by atoms with Gasteiger partial charge in [0.05, 0.1) is 15.9 Å². The van der Waals surface area contributed by atoms with Gasteiger partial charge >= 0.3 is 0 Å². The second kappa shape index (κ2) is 10.7. The molecule has 3 fully saturated rings. The molecule has 2 saturated heterocycles. The Morgan fingerprint density at radius 2 is 1.44 bits per heavy atom. The van der Waals surface area contributed by atoms with E-state index >= 15 is 0 Å². The van der Waals surface area contributed by atoms with E-state index in [0.29, 0.717) is 10.9 Å². The fraction of sp³-hybridized carbons (Fsp3) is 0.441. The minimum Gasteiger partial charge on any atom is -0.321 e. The third-order valence-corrected chi connectivity index (χ3v) is 10.5. The van der Waals surface area contributed by atoms with Crippen molar-refractivity contribution in [3.63, 3.8) is 0 Å². The zero-order chi connectivity index (χ0) is 28.1. The Morgan fingerprint density at radius 1 is 0.780 bits per heavy atom. The second-order valence-corrected chi connectivity index (χ2v) is 14.5. The molecule has 0 atom stereocenters. The van der Waals surface area contributed by atoms with Crippen molar-refractivity contribution < 1.29 is 8.42 Å². The molecule has 41 heavy (non-hydrogen) atoms. The van der Waals surface area contributed by atoms with E-state index < -0.39 is 9.84 Å². The first kappa shape index (κ1) is 26.9. The molecule has 0 amide bonds. The van der Waals surface area contributed by atoms with Crippen molar-refractivity contribution in [1.82, 2.24) is 19.4 Å². The number of piperidine rings is 1. The summed E-state index contributed by atoms with van der Waals surface area (Å²) in [7, 11) is -3.23. The first-order chi connectivity index (χ1) is 19.8. The van der Waals surface area contributed by atoms with Crippen LogP contribution in [0.1, 0.15) is 55.7 Å². The lowest BCUT2D eigenvalue weighted by Gasteiger charge is -2.36. The summed E-state index contributed by atoms with van der Waals surface area (Å²) in [6.45, 7) is 8.18. The van der Waals surface area contributed by atoms with E-state index in [-0.39, 0.29) is 0 Å². The minimum absolute atomic E-state index is 0.337. The highest BCUT2D eigenvalue weighted by Crippen LogP contribution is 2.43. The number of likely N-dealkylation sites (tertiary alicyclic amines) is 2. The summed E-state index contributed by atoms with van der Waals surface area (Å²) in [4.78, 5) is 10.8. The van der Waals surface area contributed by atoms with E-state index in [4.69, 9.17) is 4.98 Å². The zero-order valence-electron chi connectivity index (χ0n) is 24.2. The molecule has 1 saturated carbocycles. The molecule has 1 aliphatic carbocycles. The van der Waals surface area contributed by atoms with Gasteiger partial charge in [-0.2, -0.15) is 0 Å². The van der Waals surface area contributed by atoms with Crippen molar-refractivity contribution in [3.8, 4) is 22.5 Å². The predicted octanol–water partition coefficient (Wildman–Crippen LogP) is 6.48. The normalized spacial score (nSPS) is 19.4. The van der Waals surface area contributed by atoms with Gasteiger partial charge in [-0.3, -0.25) is 4.90 Å². The SMILES string of the molecule is Cc1cc(-c2ccc(CN3CCC(N4CCCC4)CC3)cc2)cc2c1nc(-c1ccc(S(C)(=O)=O)cc1)n2C1CC1. The number of sulfone groups is 1. The summed E-state index contributed by atoms with van der Waals surface area (Å²) in [6, 6.07) is 22.1. The molecule has 1 aromatic heterocycles. The summed E-state index contributed by atoms with van der Waals surface area (Å²) in [6.07, 6.45) is 8.90. The number of nitrogens with zero attached hydrogens (tertiary/aromatic N) is 4. The van der Waals surface area contributed by atoms with Crippen LogP contribution >= 0.6 is 0 Å². The summed E-state index contributed by atoms with van der Waals surface area (Å²) >= 11 is 0. The summed E-state index contributed by atoms with van der Waals surface area (Å²) < 4.78 is 26.3. The maximum atomic E-state index is 12.0. The standard InChI is InChI=1S/C34H40N4O2S/c1-24-21-28(26-7-5-25(6-8-26)23-36-19-15-29(16-20-36)37-17-3-4-18-37)22-32-33(24)35-34(38(32)30-11-12-30)27-9-13-31(14-10-27)41(2,39)40/h5-10,13-14,21-22,29-30H,3-4,11-12,15-20,23H2,1-2H3. The number of hydrogen-bond acceptors (Lipinski definition) is 5. The van der Waals surface area contributed by atoms with Crippen LogP contribution < -0.4 is 0 Å². The van der Waals surface area contributed by atoms with Crippen LogP contribution in [0, 0.1) is 6.92 Å². The lowest BCUT2D eigenvalue weighted by Crippen LogP contribution is -2.43. The van der Waals surface area contributed by atoms with Gasteiger partial charge in [-0.15, -0.1) is 0 Å². The second-order valence-electron chi connectivity index (χ2n) is 12.4. The van der Waals surface area contributed by atoms with Gasteiger partial charge in [-0.05, 0) is 130 Å². The number of imidazole rings is 1. The number of benzene rings is 3. The number of aromatic nitrogens is 2. The van der Waals surface area contributed by atoms with Gasteiger partial charge in [0.15, 0.2) is 9.84 Å². The molecule has 3 heterocycles. The number of hydrogen-bond donors (Lipinski definition) is 0. The van der Waals surface area contributed by atoms with Crippen LogP contribution in [0.3, 0.4) is 0 Å². The Balaban J connectivity index is 1.12. The van der Waals surface area contributed by atoms with Gasteiger partial charge in [0, 0.05) is 30.4 Å². The van der Waals surface area contributed by atoms with Crippen LogP contribution in [-0.4, -0.2) is 66.2 Å². The Kier molecular flexibility index (Phi) is 7.00. The smallest absolute Gasteiger partial charge is 0.175 e. The maximum Gasteiger partial charge on any atom is 0.175 e. The highest BCUT2D eigenvalue weighted by atomic mass is 32.2. The number of aryl methyl sites for hydroxylation is 1. The first-order valence-electron chi connectivity index (χ1n) is 15.2. The van der Waals surface area contributed by atoms with Gasteiger partial charge in [0.1, 0.15) is 5.82 Å². The van der Waals surface area contributed by atoms with Crippen molar-refractivity contribution in [3.05, 3.63) is 71.8 Å². The van der Waals surface area contributed by atoms with E-state index in [1.54, 1.807) is 12.1 Å². The lowest BCUT2D eigenvalue weighted by atomic mass is 10.00. The van der Waals surface area contributed by atoms with Crippen LogP contribution in [0.15, 0.2) is 65.6 Å². The average Bonchev–Trinajstić information content (AvgIpc) is 3.50.